The number of para-hydroxylation sites is 1. The number of halogens is 2. The van der Waals surface area contributed by atoms with Gasteiger partial charge in [0.15, 0.2) is 11.0 Å². The van der Waals surface area contributed by atoms with Crippen LogP contribution in [0.3, 0.4) is 0 Å². The van der Waals surface area contributed by atoms with E-state index in [0.29, 0.717) is 59.1 Å². The van der Waals surface area contributed by atoms with Crippen molar-refractivity contribution in [2.75, 3.05) is 19.7 Å². The van der Waals surface area contributed by atoms with Gasteiger partial charge in [-0.1, -0.05) is 33.6 Å². The lowest BCUT2D eigenvalue weighted by Crippen LogP contribution is -2.36. The van der Waals surface area contributed by atoms with Gasteiger partial charge in [-0.05, 0) is 56.1 Å². The molecule has 8 heteroatoms. The van der Waals surface area contributed by atoms with Crippen LogP contribution in [0.4, 0.5) is 0 Å². The van der Waals surface area contributed by atoms with E-state index in [9.17, 15) is 14.7 Å². The van der Waals surface area contributed by atoms with Crippen molar-refractivity contribution >= 4 is 44.5 Å². The maximum Gasteiger partial charge on any atom is 0.320 e. The molecule has 1 atom stereocenters. The third kappa shape index (κ3) is 4.79. The van der Waals surface area contributed by atoms with Crippen LogP contribution < -0.4 is 10.2 Å². The highest BCUT2D eigenvalue weighted by Crippen LogP contribution is 2.34. The summed E-state index contributed by atoms with van der Waals surface area (Å²) in [7, 11) is 0. The maximum absolute atomic E-state index is 12.6. The van der Waals surface area contributed by atoms with Crippen LogP contribution >= 0.6 is 27.5 Å². The number of rotatable bonds is 7. The summed E-state index contributed by atoms with van der Waals surface area (Å²) in [6.45, 7) is 1.86. The van der Waals surface area contributed by atoms with Gasteiger partial charge in [0.05, 0.1) is 22.6 Å². The molecule has 0 unspecified atom stereocenters. The van der Waals surface area contributed by atoms with Gasteiger partial charge in [-0.3, -0.25) is 14.5 Å². The Hall–Kier alpha value is -2.35. The number of likely N-dealkylation sites (tertiary alicyclic amines) is 1. The highest BCUT2D eigenvalue weighted by atomic mass is 79.9. The number of aliphatic carboxylic acids is 1. The predicted molar refractivity (Wildman–Crippen MR) is 123 cm³/mol. The van der Waals surface area contributed by atoms with E-state index in [0.717, 1.165) is 17.4 Å². The van der Waals surface area contributed by atoms with Gasteiger partial charge in [0, 0.05) is 17.1 Å². The zero-order valence-electron chi connectivity index (χ0n) is 16.6. The van der Waals surface area contributed by atoms with Gasteiger partial charge >= 0.3 is 5.97 Å². The molecule has 2 heterocycles. The van der Waals surface area contributed by atoms with E-state index >= 15 is 0 Å². The molecule has 0 aliphatic carbocycles. The molecule has 3 aromatic rings. The smallest absolute Gasteiger partial charge is 0.320 e. The average Bonchev–Trinajstić information content (AvgIpc) is 3.21. The summed E-state index contributed by atoms with van der Waals surface area (Å²) in [5, 5.41) is 10.1. The van der Waals surface area contributed by atoms with E-state index in [1.807, 2.05) is 23.1 Å². The number of hydrogen-bond donors (Lipinski definition) is 1. The van der Waals surface area contributed by atoms with Crippen LogP contribution in [-0.2, 0) is 4.79 Å². The van der Waals surface area contributed by atoms with Crippen LogP contribution in [-0.4, -0.2) is 41.7 Å². The minimum Gasteiger partial charge on any atom is -0.493 e. The number of ether oxygens (including phenoxy) is 1. The second kappa shape index (κ2) is 9.42. The summed E-state index contributed by atoms with van der Waals surface area (Å²) in [5.74, 6) is 0.177. The first-order chi connectivity index (χ1) is 14.9. The second-order valence-corrected chi connectivity index (χ2v) is 8.79. The topological polar surface area (TPSA) is 80.0 Å². The van der Waals surface area contributed by atoms with Crippen LogP contribution in [0.15, 0.2) is 56.1 Å². The molecule has 0 saturated carbocycles. The average molecular weight is 507 g/mol. The lowest BCUT2D eigenvalue weighted by Gasteiger charge is -2.21. The number of carboxylic acids is 1. The molecule has 4 rings (SSSR count). The summed E-state index contributed by atoms with van der Waals surface area (Å²) in [6, 6.07) is 11.6. The van der Waals surface area contributed by atoms with Crippen molar-refractivity contribution in [1.29, 1.82) is 0 Å². The van der Waals surface area contributed by atoms with Crippen molar-refractivity contribution in [3.8, 4) is 17.1 Å². The van der Waals surface area contributed by atoms with Gasteiger partial charge in [0.25, 0.3) is 0 Å². The van der Waals surface area contributed by atoms with Gasteiger partial charge in [-0.25, -0.2) is 0 Å². The first-order valence-corrected chi connectivity index (χ1v) is 11.2. The number of hydrogen-bond acceptors (Lipinski definition) is 5. The van der Waals surface area contributed by atoms with E-state index in [1.165, 1.54) is 6.07 Å². The molecule has 1 saturated heterocycles. The first kappa shape index (κ1) is 21.9. The van der Waals surface area contributed by atoms with E-state index < -0.39 is 12.0 Å². The summed E-state index contributed by atoms with van der Waals surface area (Å²) < 4.78 is 12.8. The molecular formula is C23H21BrClNO5. The zero-order valence-corrected chi connectivity index (χ0v) is 19.0. The lowest BCUT2D eigenvalue weighted by atomic mass is 10.1. The maximum atomic E-state index is 12.6. The molecule has 1 aliphatic rings. The van der Waals surface area contributed by atoms with Gasteiger partial charge < -0.3 is 14.3 Å². The van der Waals surface area contributed by atoms with Crippen molar-refractivity contribution in [3.63, 3.8) is 0 Å². The fourth-order valence-electron chi connectivity index (χ4n) is 3.92. The number of benzene rings is 2. The minimum atomic E-state index is -0.766. The van der Waals surface area contributed by atoms with Gasteiger partial charge in [0.1, 0.15) is 17.6 Å². The standard InChI is InChI=1S/C23H21BrClNO5/c24-14-7-8-16(21-13-19(27)15-4-1-5-17(25)22(15)31-21)20(12-14)30-11-3-10-26-9-2-6-18(26)23(28)29/h1,4-5,7-8,12-13,18H,2-3,6,9-11H2,(H,28,29)/t18-/m1/s1. The molecule has 1 fully saturated rings. The Labute approximate surface area is 192 Å². The van der Waals surface area contributed by atoms with Crippen molar-refractivity contribution in [1.82, 2.24) is 4.90 Å². The normalized spacial score (nSPS) is 16.6. The molecule has 0 radical (unpaired) electrons. The second-order valence-electron chi connectivity index (χ2n) is 7.47. The largest absolute Gasteiger partial charge is 0.493 e. The molecule has 0 spiro atoms. The highest BCUT2D eigenvalue weighted by molar-refractivity contribution is 9.10. The van der Waals surface area contributed by atoms with Gasteiger partial charge in [0.2, 0.25) is 0 Å². The Balaban J connectivity index is 1.53. The highest BCUT2D eigenvalue weighted by Gasteiger charge is 2.29. The number of carbonyl (C=O) groups is 1. The van der Waals surface area contributed by atoms with E-state index in [1.54, 1.807) is 18.2 Å². The molecule has 31 heavy (non-hydrogen) atoms. The monoisotopic (exact) mass is 505 g/mol. The SMILES string of the molecule is O=C(O)[C@H]1CCCN1CCCOc1cc(Br)ccc1-c1cc(=O)c2cccc(Cl)c2o1. The molecule has 2 aromatic carbocycles. The summed E-state index contributed by atoms with van der Waals surface area (Å²) in [5.41, 5.74) is 0.808. The van der Waals surface area contributed by atoms with Crippen LogP contribution in [0, 0.1) is 0 Å². The Morgan fingerprint density at radius 2 is 2.13 bits per heavy atom. The molecule has 162 valence electrons. The fourth-order valence-corrected chi connectivity index (χ4v) is 4.47. The molecule has 1 aromatic heterocycles. The summed E-state index contributed by atoms with van der Waals surface area (Å²) in [4.78, 5) is 25.9. The van der Waals surface area contributed by atoms with E-state index in [4.69, 9.17) is 20.8 Å². The Morgan fingerprint density at radius 1 is 1.29 bits per heavy atom. The van der Waals surface area contributed by atoms with Gasteiger partial charge in [-0.2, -0.15) is 0 Å². The summed E-state index contributed by atoms with van der Waals surface area (Å²) >= 11 is 9.69. The quantitative estimate of drug-likeness (QED) is 0.444. The number of fused-ring (bicyclic) bond motifs is 1. The van der Waals surface area contributed by atoms with Gasteiger partial charge in [-0.15, -0.1) is 0 Å². The molecule has 0 bridgehead atoms. The van der Waals surface area contributed by atoms with Crippen LogP contribution in [0.2, 0.25) is 5.02 Å². The third-order valence-electron chi connectivity index (χ3n) is 5.41. The molecule has 6 nitrogen and oxygen atoms in total. The third-order valence-corrected chi connectivity index (χ3v) is 6.20. The van der Waals surface area contributed by atoms with E-state index in [-0.39, 0.29) is 5.43 Å². The van der Waals surface area contributed by atoms with E-state index in [2.05, 4.69) is 15.9 Å². The zero-order chi connectivity index (χ0) is 22.0. The van der Waals surface area contributed by atoms with Crippen molar-refractivity contribution < 1.29 is 19.1 Å². The number of nitrogens with zero attached hydrogens (tertiary/aromatic N) is 1. The molecule has 1 aliphatic heterocycles. The Morgan fingerprint density at radius 3 is 2.94 bits per heavy atom. The molecule has 1 N–H and O–H groups in total. The minimum absolute atomic E-state index is 0.179. The predicted octanol–water partition coefficient (Wildman–Crippen LogP) is 5.19. The lowest BCUT2D eigenvalue weighted by molar-refractivity contribution is -0.142. The molecule has 0 amide bonds. The Bertz CT molecular complexity index is 1180. The first-order valence-electron chi connectivity index (χ1n) is 10.1. The fraction of sp³-hybridized carbons (Fsp3) is 0.304. The number of carboxylic acid groups (broad SMARTS) is 1. The Kier molecular flexibility index (Phi) is 6.65. The summed E-state index contributed by atoms with van der Waals surface area (Å²) in [6.07, 6.45) is 2.27. The van der Waals surface area contributed by atoms with Crippen molar-refractivity contribution in [2.24, 2.45) is 0 Å². The van der Waals surface area contributed by atoms with Crippen molar-refractivity contribution in [2.45, 2.75) is 25.3 Å². The van der Waals surface area contributed by atoms with Crippen LogP contribution in [0.5, 0.6) is 5.75 Å². The van der Waals surface area contributed by atoms with Crippen LogP contribution in [0.25, 0.3) is 22.3 Å². The van der Waals surface area contributed by atoms with Crippen molar-refractivity contribution in [3.05, 3.63) is 62.2 Å². The van der Waals surface area contributed by atoms with Crippen LogP contribution in [0.1, 0.15) is 19.3 Å². The molecular weight excluding hydrogens is 486 g/mol.